The average Bonchev–Trinajstić information content (AvgIpc) is 2.98. The zero-order valence-electron chi connectivity index (χ0n) is 12.7. The van der Waals surface area contributed by atoms with Crippen molar-refractivity contribution < 1.29 is 9.59 Å². The number of amides is 2. The lowest BCUT2D eigenvalue weighted by Crippen LogP contribution is -2.46. The Bertz CT molecular complexity index is 762. The Morgan fingerprint density at radius 2 is 2.00 bits per heavy atom. The van der Waals surface area contributed by atoms with Crippen molar-refractivity contribution in [3.05, 3.63) is 47.9 Å². The van der Waals surface area contributed by atoms with Crippen LogP contribution in [0.1, 0.15) is 23.0 Å². The first kappa shape index (κ1) is 15.0. The summed E-state index contributed by atoms with van der Waals surface area (Å²) in [5.41, 5.74) is 7.69. The van der Waals surface area contributed by atoms with E-state index in [9.17, 15) is 9.59 Å². The van der Waals surface area contributed by atoms with E-state index in [-0.39, 0.29) is 17.4 Å². The third-order valence-corrected chi connectivity index (χ3v) is 3.81. The lowest BCUT2D eigenvalue weighted by atomic mass is 10.2. The van der Waals surface area contributed by atoms with Crippen molar-refractivity contribution in [2.75, 3.05) is 17.2 Å². The number of fused-ring (bicyclic) bond motifs is 1. The highest BCUT2D eigenvalue weighted by Crippen LogP contribution is 2.27. The van der Waals surface area contributed by atoms with Gasteiger partial charge in [-0.3, -0.25) is 9.59 Å². The number of hydrogen-bond donors (Lipinski definition) is 2. The molecule has 2 aromatic rings. The molecule has 3 N–H and O–H groups in total. The zero-order valence-corrected chi connectivity index (χ0v) is 12.7. The summed E-state index contributed by atoms with van der Waals surface area (Å²) >= 11 is 0. The van der Waals surface area contributed by atoms with Crippen LogP contribution in [0.4, 0.5) is 11.5 Å². The molecule has 1 atom stereocenters. The van der Waals surface area contributed by atoms with Gasteiger partial charge in [-0.1, -0.05) is 18.2 Å². The maximum atomic E-state index is 12.6. The van der Waals surface area contributed by atoms with Gasteiger partial charge in [0, 0.05) is 24.6 Å². The third kappa shape index (κ3) is 2.85. The molecule has 2 heterocycles. The van der Waals surface area contributed by atoms with Crippen molar-refractivity contribution in [3.8, 4) is 0 Å². The lowest BCUT2D eigenvalue weighted by Gasteiger charge is -2.22. The number of nitrogens with two attached hydrogens (primary N) is 1. The van der Waals surface area contributed by atoms with Crippen LogP contribution < -0.4 is 16.0 Å². The second-order valence-corrected chi connectivity index (χ2v) is 5.35. The second-order valence-electron chi connectivity index (χ2n) is 5.35. The van der Waals surface area contributed by atoms with Crippen LogP contribution in [-0.4, -0.2) is 34.4 Å². The summed E-state index contributed by atoms with van der Waals surface area (Å²) < 4.78 is 0. The van der Waals surface area contributed by atoms with E-state index in [1.165, 1.54) is 12.4 Å². The molecule has 2 amide bonds. The molecule has 0 radical (unpaired) electrons. The Hall–Kier alpha value is -2.96. The van der Waals surface area contributed by atoms with Crippen LogP contribution in [0.15, 0.2) is 36.7 Å². The summed E-state index contributed by atoms with van der Waals surface area (Å²) in [7, 11) is 0. The monoisotopic (exact) mass is 311 g/mol. The largest absolute Gasteiger partial charge is 0.382 e. The van der Waals surface area contributed by atoms with Crippen molar-refractivity contribution in [1.29, 1.82) is 0 Å². The highest BCUT2D eigenvalue weighted by molar-refractivity contribution is 6.03. The lowest BCUT2D eigenvalue weighted by molar-refractivity contribution is -0.119. The first-order valence-electron chi connectivity index (χ1n) is 7.34. The molecule has 7 nitrogen and oxygen atoms in total. The van der Waals surface area contributed by atoms with Crippen LogP contribution in [0.25, 0.3) is 0 Å². The highest BCUT2D eigenvalue weighted by Gasteiger charge is 2.29. The summed E-state index contributed by atoms with van der Waals surface area (Å²) in [6.07, 6.45) is 3.61. The fourth-order valence-corrected chi connectivity index (χ4v) is 2.65. The van der Waals surface area contributed by atoms with Gasteiger partial charge in [-0.2, -0.15) is 0 Å². The molecule has 1 aliphatic heterocycles. The minimum absolute atomic E-state index is 0.0222. The molecule has 23 heavy (non-hydrogen) atoms. The Morgan fingerprint density at radius 3 is 2.78 bits per heavy atom. The molecule has 0 bridgehead atoms. The first-order valence-corrected chi connectivity index (χ1v) is 7.34. The van der Waals surface area contributed by atoms with E-state index >= 15 is 0 Å². The minimum Gasteiger partial charge on any atom is -0.382 e. The summed E-state index contributed by atoms with van der Waals surface area (Å²) in [6.45, 7) is 2.26. The minimum atomic E-state index is -0.685. The van der Waals surface area contributed by atoms with Crippen LogP contribution in [0.2, 0.25) is 0 Å². The second kappa shape index (κ2) is 6.04. The number of para-hydroxylation sites is 1. The molecule has 0 aliphatic carbocycles. The number of nitrogen functional groups attached to an aromatic ring is 1. The Balaban J connectivity index is 1.72. The van der Waals surface area contributed by atoms with Gasteiger partial charge < -0.3 is 16.0 Å². The van der Waals surface area contributed by atoms with Crippen molar-refractivity contribution >= 4 is 23.3 Å². The number of hydrogen-bond acceptors (Lipinski definition) is 5. The van der Waals surface area contributed by atoms with Crippen molar-refractivity contribution in [2.24, 2.45) is 0 Å². The topological polar surface area (TPSA) is 101 Å². The van der Waals surface area contributed by atoms with Crippen LogP contribution >= 0.6 is 0 Å². The highest BCUT2D eigenvalue weighted by atomic mass is 16.2. The predicted octanol–water partition coefficient (Wildman–Crippen LogP) is 0.766. The van der Waals surface area contributed by atoms with E-state index in [0.717, 1.165) is 17.7 Å². The molecular formula is C16H17N5O2. The quantitative estimate of drug-likeness (QED) is 0.871. The van der Waals surface area contributed by atoms with Gasteiger partial charge in [-0.05, 0) is 25.0 Å². The number of nitrogens with one attached hydrogen (secondary N) is 1. The van der Waals surface area contributed by atoms with Crippen molar-refractivity contribution in [2.45, 2.75) is 19.4 Å². The van der Waals surface area contributed by atoms with Crippen LogP contribution in [0.5, 0.6) is 0 Å². The van der Waals surface area contributed by atoms with Gasteiger partial charge in [0.05, 0.1) is 0 Å². The zero-order chi connectivity index (χ0) is 16.4. The van der Waals surface area contributed by atoms with Gasteiger partial charge in [0.25, 0.3) is 5.91 Å². The van der Waals surface area contributed by atoms with Crippen molar-refractivity contribution in [1.82, 2.24) is 15.3 Å². The number of carbonyl (C=O) groups is 2. The Kier molecular flexibility index (Phi) is 3.92. The molecule has 1 aliphatic rings. The number of anilines is 2. The fraction of sp³-hybridized carbons (Fsp3) is 0.250. The van der Waals surface area contributed by atoms with Gasteiger partial charge in [0.1, 0.15) is 6.04 Å². The van der Waals surface area contributed by atoms with E-state index in [0.29, 0.717) is 6.54 Å². The standard InChI is InChI=1S/C16H17N5O2/c1-10(20-15(22)13-14(17)19-8-7-18-13)16(23)21-9-6-11-4-2-3-5-12(11)21/h2-5,7-8,10H,6,9H2,1H3,(H2,17,19)(H,20,22)/t10-/m0/s1. The summed E-state index contributed by atoms with van der Waals surface area (Å²) in [5, 5.41) is 2.63. The maximum Gasteiger partial charge on any atom is 0.274 e. The third-order valence-electron chi connectivity index (χ3n) is 3.81. The molecule has 0 spiro atoms. The van der Waals surface area contributed by atoms with Gasteiger partial charge in [-0.25, -0.2) is 9.97 Å². The molecule has 118 valence electrons. The number of rotatable bonds is 3. The normalized spacial score (nSPS) is 14.2. The summed E-state index contributed by atoms with van der Waals surface area (Å²) in [4.78, 5) is 34.2. The van der Waals surface area contributed by atoms with Crippen molar-refractivity contribution in [3.63, 3.8) is 0 Å². The number of aromatic nitrogens is 2. The maximum absolute atomic E-state index is 12.6. The van der Waals surface area contributed by atoms with E-state index in [1.54, 1.807) is 11.8 Å². The molecular weight excluding hydrogens is 294 g/mol. The van der Waals surface area contributed by atoms with E-state index in [2.05, 4.69) is 15.3 Å². The van der Waals surface area contributed by atoms with Gasteiger partial charge in [0.15, 0.2) is 11.5 Å². The molecule has 3 rings (SSSR count). The first-order chi connectivity index (χ1) is 11.1. The smallest absolute Gasteiger partial charge is 0.274 e. The number of benzene rings is 1. The molecule has 0 saturated heterocycles. The Morgan fingerprint density at radius 1 is 1.26 bits per heavy atom. The molecule has 1 aromatic carbocycles. The van der Waals surface area contributed by atoms with Gasteiger partial charge in [-0.15, -0.1) is 0 Å². The SMILES string of the molecule is C[C@H](NC(=O)c1nccnc1N)C(=O)N1CCc2ccccc21. The van der Waals surface area contributed by atoms with E-state index < -0.39 is 11.9 Å². The average molecular weight is 311 g/mol. The molecule has 7 heteroatoms. The Labute approximate surface area is 133 Å². The van der Waals surface area contributed by atoms with E-state index in [4.69, 9.17) is 5.73 Å². The number of carbonyl (C=O) groups excluding carboxylic acids is 2. The number of nitrogens with zero attached hydrogens (tertiary/aromatic N) is 3. The predicted molar refractivity (Wildman–Crippen MR) is 85.9 cm³/mol. The van der Waals surface area contributed by atoms with Crippen LogP contribution in [0, 0.1) is 0 Å². The summed E-state index contributed by atoms with van der Waals surface area (Å²) in [5.74, 6) is -0.633. The van der Waals surface area contributed by atoms with Gasteiger partial charge >= 0.3 is 0 Å². The molecule has 0 saturated carbocycles. The molecule has 0 unspecified atom stereocenters. The molecule has 1 aromatic heterocycles. The van der Waals surface area contributed by atoms with Crippen LogP contribution in [-0.2, 0) is 11.2 Å². The van der Waals surface area contributed by atoms with Crippen LogP contribution in [0.3, 0.4) is 0 Å². The van der Waals surface area contributed by atoms with Gasteiger partial charge in [0.2, 0.25) is 5.91 Å². The van der Waals surface area contributed by atoms with E-state index in [1.807, 2.05) is 24.3 Å². The molecule has 0 fully saturated rings. The fourth-order valence-electron chi connectivity index (χ4n) is 2.65. The summed E-state index contributed by atoms with van der Waals surface area (Å²) in [6, 6.07) is 7.08.